The third-order valence-corrected chi connectivity index (χ3v) is 7.43. The monoisotopic (exact) mass is 501 g/mol. The van der Waals surface area contributed by atoms with Crippen molar-refractivity contribution < 1.29 is 19.1 Å². The Balaban J connectivity index is 1.83. The van der Waals surface area contributed by atoms with Crippen molar-refractivity contribution in [2.45, 2.75) is 38.5 Å². The molecule has 0 saturated carbocycles. The highest BCUT2D eigenvalue weighted by Crippen LogP contribution is 2.47. The number of hydrogen-bond acceptors (Lipinski definition) is 6. The molecular weight excluding hydrogens is 478 g/mol. The summed E-state index contributed by atoms with van der Waals surface area (Å²) in [5.74, 6) is 0.0359. The van der Waals surface area contributed by atoms with Gasteiger partial charge in [-0.15, -0.1) is 11.3 Å². The number of carbonyl (C=O) groups excluding carboxylic acids is 2. The minimum absolute atomic E-state index is 0.0680. The van der Waals surface area contributed by atoms with Crippen LogP contribution in [0.5, 0.6) is 5.75 Å². The fourth-order valence-electron chi connectivity index (χ4n) is 4.44. The Morgan fingerprint density at radius 1 is 1.29 bits per heavy atom. The van der Waals surface area contributed by atoms with Crippen LogP contribution in [0, 0.1) is 0 Å². The van der Waals surface area contributed by atoms with Crippen LogP contribution in [0.4, 0.5) is 0 Å². The third kappa shape index (κ3) is 4.08. The molecule has 2 heterocycles. The zero-order valence-electron chi connectivity index (χ0n) is 17.7. The first-order valence-electron chi connectivity index (χ1n) is 10.2. The van der Waals surface area contributed by atoms with Gasteiger partial charge >= 0.3 is 5.97 Å². The van der Waals surface area contributed by atoms with Gasteiger partial charge in [0.2, 0.25) is 0 Å². The summed E-state index contributed by atoms with van der Waals surface area (Å²) in [6, 6.07) is 9.79. The van der Waals surface area contributed by atoms with Crippen LogP contribution in [0.3, 0.4) is 0 Å². The highest BCUT2D eigenvalue weighted by atomic mass is 79.9. The lowest BCUT2D eigenvalue weighted by molar-refractivity contribution is -0.138. The minimum atomic E-state index is -0.478. The minimum Gasteiger partial charge on any atom is -0.496 e. The number of Topliss-reactive ketones (excluding diaryl/α,β-unsaturated/α-hetero) is 1. The van der Waals surface area contributed by atoms with Crippen molar-refractivity contribution in [3.63, 3.8) is 0 Å². The molecule has 0 bridgehead atoms. The molecule has 31 heavy (non-hydrogen) atoms. The second-order valence-corrected chi connectivity index (χ2v) is 9.48. The van der Waals surface area contributed by atoms with E-state index in [0.29, 0.717) is 23.3 Å². The molecule has 1 aromatic heterocycles. The lowest BCUT2D eigenvalue weighted by atomic mass is 9.72. The molecule has 0 fully saturated rings. The first kappa shape index (κ1) is 21.8. The molecule has 7 heteroatoms. The lowest BCUT2D eigenvalue weighted by Gasteiger charge is -2.36. The van der Waals surface area contributed by atoms with E-state index in [0.717, 1.165) is 27.9 Å². The predicted molar refractivity (Wildman–Crippen MR) is 124 cm³/mol. The molecule has 162 valence electrons. The van der Waals surface area contributed by atoms with Crippen LogP contribution in [-0.2, 0) is 14.3 Å². The molecule has 2 aliphatic rings. The van der Waals surface area contributed by atoms with Crippen LogP contribution in [0.1, 0.15) is 49.0 Å². The molecular formula is C24H24BrNO4S. The average molecular weight is 502 g/mol. The average Bonchev–Trinajstić information content (AvgIpc) is 3.27. The van der Waals surface area contributed by atoms with E-state index in [-0.39, 0.29) is 18.3 Å². The highest BCUT2D eigenvalue weighted by molar-refractivity contribution is 9.10. The molecule has 0 amide bonds. The molecule has 1 aliphatic carbocycles. The largest absolute Gasteiger partial charge is 0.496 e. The van der Waals surface area contributed by atoms with Gasteiger partial charge in [-0.3, -0.25) is 4.79 Å². The fraction of sp³-hybridized carbons (Fsp3) is 0.333. The second-order valence-electron chi connectivity index (χ2n) is 7.65. The second kappa shape index (κ2) is 9.01. The topological polar surface area (TPSA) is 64.6 Å². The van der Waals surface area contributed by atoms with Crippen molar-refractivity contribution in [1.82, 2.24) is 5.32 Å². The number of allylic oxidation sites excluding steroid dienone is 3. The molecule has 2 unspecified atom stereocenters. The Morgan fingerprint density at radius 2 is 2.10 bits per heavy atom. The molecule has 5 nitrogen and oxygen atoms in total. The molecule has 4 rings (SSSR count). The molecule has 1 N–H and O–H groups in total. The number of esters is 1. The number of halogens is 1. The number of methoxy groups -OCH3 is 1. The van der Waals surface area contributed by atoms with E-state index in [9.17, 15) is 9.59 Å². The Kier molecular flexibility index (Phi) is 6.34. The number of benzene rings is 1. The molecule has 0 saturated heterocycles. The quantitative estimate of drug-likeness (QED) is 0.552. The summed E-state index contributed by atoms with van der Waals surface area (Å²) in [5.41, 5.74) is 3.64. The number of dihydropyridines is 1. The van der Waals surface area contributed by atoms with E-state index < -0.39 is 11.9 Å². The number of ketones is 1. The van der Waals surface area contributed by atoms with Crippen LogP contribution < -0.4 is 10.1 Å². The Labute approximate surface area is 194 Å². The molecule has 0 radical (unpaired) electrons. The van der Waals surface area contributed by atoms with Gasteiger partial charge < -0.3 is 14.8 Å². The summed E-state index contributed by atoms with van der Waals surface area (Å²) in [6.07, 6.45) is 1.17. The van der Waals surface area contributed by atoms with Gasteiger partial charge in [0.05, 0.1) is 23.8 Å². The first-order valence-corrected chi connectivity index (χ1v) is 11.9. The number of hydrogen-bond donors (Lipinski definition) is 1. The number of thiophene rings is 1. The van der Waals surface area contributed by atoms with Crippen LogP contribution in [0.15, 0.2) is 62.7 Å². The summed E-state index contributed by atoms with van der Waals surface area (Å²) in [4.78, 5) is 27.6. The van der Waals surface area contributed by atoms with Crippen molar-refractivity contribution in [2.24, 2.45) is 0 Å². The molecule has 1 aromatic carbocycles. The van der Waals surface area contributed by atoms with Gasteiger partial charge in [0.25, 0.3) is 0 Å². The van der Waals surface area contributed by atoms with E-state index in [1.807, 2.05) is 36.6 Å². The van der Waals surface area contributed by atoms with Crippen LogP contribution in [0.2, 0.25) is 0 Å². The highest BCUT2D eigenvalue weighted by Gasteiger charge is 2.41. The van der Waals surface area contributed by atoms with Crippen molar-refractivity contribution in [1.29, 1.82) is 0 Å². The molecule has 2 aromatic rings. The van der Waals surface area contributed by atoms with E-state index in [1.54, 1.807) is 25.4 Å². The van der Waals surface area contributed by atoms with Crippen LogP contribution in [0.25, 0.3) is 0 Å². The third-order valence-electron chi connectivity index (χ3n) is 5.78. The van der Waals surface area contributed by atoms with Crippen molar-refractivity contribution in [3.05, 3.63) is 73.2 Å². The van der Waals surface area contributed by atoms with Crippen molar-refractivity contribution in [3.8, 4) is 5.75 Å². The SMILES string of the molecule is CCOC(=O)C1=C(C)NC2=C(C(=O)CC(c3cccs3)C2)C1c1ccc(OC)c(Br)c1. The molecule has 1 aliphatic heterocycles. The summed E-state index contributed by atoms with van der Waals surface area (Å²) in [7, 11) is 1.61. The fourth-order valence-corrected chi connectivity index (χ4v) is 5.83. The van der Waals surface area contributed by atoms with Gasteiger partial charge in [-0.2, -0.15) is 0 Å². The maximum absolute atomic E-state index is 13.5. The molecule has 2 atom stereocenters. The standard InChI is InChI=1S/C24H24BrNO4S/c1-4-30-24(28)21-13(2)26-17-11-15(20-6-5-9-31-20)12-18(27)23(17)22(21)14-7-8-19(29-3)16(25)10-14/h5-10,15,22,26H,4,11-12H2,1-3H3. The number of nitrogens with one attached hydrogen (secondary N) is 1. The maximum Gasteiger partial charge on any atom is 0.336 e. The van der Waals surface area contributed by atoms with Gasteiger partial charge in [-0.05, 0) is 65.3 Å². The predicted octanol–water partition coefficient (Wildman–Crippen LogP) is 5.44. The van der Waals surface area contributed by atoms with Crippen molar-refractivity contribution in [2.75, 3.05) is 13.7 Å². The van der Waals surface area contributed by atoms with Gasteiger partial charge in [0, 0.05) is 40.1 Å². The van der Waals surface area contributed by atoms with E-state index in [4.69, 9.17) is 9.47 Å². The van der Waals surface area contributed by atoms with E-state index >= 15 is 0 Å². The van der Waals surface area contributed by atoms with Gasteiger partial charge in [0.15, 0.2) is 5.78 Å². The molecule has 0 spiro atoms. The summed E-state index contributed by atoms with van der Waals surface area (Å²) in [5, 5.41) is 5.41. The first-order chi connectivity index (χ1) is 14.9. The van der Waals surface area contributed by atoms with E-state index in [1.165, 1.54) is 4.88 Å². The maximum atomic E-state index is 13.5. The summed E-state index contributed by atoms with van der Waals surface area (Å²) < 4.78 is 11.5. The normalized spacial score (nSPS) is 21.0. The zero-order chi connectivity index (χ0) is 22.1. The lowest BCUT2D eigenvalue weighted by Crippen LogP contribution is -2.36. The van der Waals surface area contributed by atoms with Gasteiger partial charge in [-0.1, -0.05) is 12.1 Å². The number of ether oxygens (including phenoxy) is 2. The Bertz CT molecular complexity index is 1090. The van der Waals surface area contributed by atoms with Gasteiger partial charge in [0.1, 0.15) is 5.75 Å². The van der Waals surface area contributed by atoms with Crippen LogP contribution in [-0.4, -0.2) is 25.5 Å². The Morgan fingerprint density at radius 3 is 2.74 bits per heavy atom. The van der Waals surface area contributed by atoms with Gasteiger partial charge in [-0.25, -0.2) is 4.79 Å². The van der Waals surface area contributed by atoms with Crippen molar-refractivity contribution >= 4 is 39.0 Å². The smallest absolute Gasteiger partial charge is 0.336 e. The number of carbonyl (C=O) groups is 2. The zero-order valence-corrected chi connectivity index (χ0v) is 20.1. The number of rotatable bonds is 5. The summed E-state index contributed by atoms with van der Waals surface area (Å²) in [6.45, 7) is 3.93. The Hall–Kier alpha value is -2.38. The van der Waals surface area contributed by atoms with E-state index in [2.05, 4.69) is 27.3 Å². The van der Waals surface area contributed by atoms with Crippen LogP contribution >= 0.6 is 27.3 Å². The summed E-state index contributed by atoms with van der Waals surface area (Å²) >= 11 is 5.22.